The van der Waals surface area contributed by atoms with Crippen LogP contribution in [-0.2, 0) is 16.1 Å². The van der Waals surface area contributed by atoms with E-state index >= 15 is 0 Å². The molecule has 1 heterocycles. The third-order valence-corrected chi connectivity index (χ3v) is 4.08. The van der Waals surface area contributed by atoms with Crippen LogP contribution in [-0.4, -0.2) is 17.6 Å². The predicted octanol–water partition coefficient (Wildman–Crippen LogP) is 4.07. The summed E-state index contributed by atoms with van der Waals surface area (Å²) >= 11 is 1.48. The van der Waals surface area contributed by atoms with Crippen molar-refractivity contribution in [1.29, 1.82) is 0 Å². The van der Waals surface area contributed by atoms with Gasteiger partial charge in [0.15, 0.2) is 18.2 Å². The Labute approximate surface area is 142 Å². The fraction of sp³-hybridized carbons (Fsp3) is 0.111. The van der Waals surface area contributed by atoms with Gasteiger partial charge in [0.1, 0.15) is 11.6 Å². The number of carbonyl (C=O) groups excluding carboxylic acids is 1. The van der Waals surface area contributed by atoms with E-state index in [1.165, 1.54) is 23.5 Å². The lowest BCUT2D eigenvalue weighted by atomic mass is 10.2. The van der Waals surface area contributed by atoms with E-state index < -0.39 is 11.8 Å². The molecule has 0 radical (unpaired) electrons. The summed E-state index contributed by atoms with van der Waals surface area (Å²) in [7, 11) is 0. The highest BCUT2D eigenvalue weighted by Crippen LogP contribution is 2.23. The number of aromatic nitrogens is 1. The molecule has 6 heteroatoms. The highest BCUT2D eigenvalue weighted by molar-refractivity contribution is 7.13. The molecule has 0 N–H and O–H groups in total. The lowest BCUT2D eigenvalue weighted by Crippen LogP contribution is -2.15. The van der Waals surface area contributed by atoms with Crippen LogP contribution in [0.2, 0.25) is 0 Å². The maximum absolute atomic E-state index is 13.4. The molecule has 0 unspecified atom stereocenters. The molecule has 1 aromatic heterocycles. The summed E-state index contributed by atoms with van der Waals surface area (Å²) in [6, 6.07) is 15.7. The van der Waals surface area contributed by atoms with Crippen molar-refractivity contribution < 1.29 is 18.7 Å². The van der Waals surface area contributed by atoms with Crippen LogP contribution in [0.5, 0.6) is 5.75 Å². The Morgan fingerprint density at radius 3 is 2.62 bits per heavy atom. The van der Waals surface area contributed by atoms with E-state index in [0.717, 1.165) is 10.6 Å². The second-order valence-corrected chi connectivity index (χ2v) is 5.75. The van der Waals surface area contributed by atoms with Crippen LogP contribution in [0, 0.1) is 5.82 Å². The van der Waals surface area contributed by atoms with Crippen molar-refractivity contribution in [3.63, 3.8) is 0 Å². The van der Waals surface area contributed by atoms with Gasteiger partial charge in [-0.25, -0.2) is 14.2 Å². The molecule has 0 aliphatic carbocycles. The van der Waals surface area contributed by atoms with Crippen molar-refractivity contribution in [2.24, 2.45) is 0 Å². The van der Waals surface area contributed by atoms with E-state index in [9.17, 15) is 9.18 Å². The van der Waals surface area contributed by atoms with Gasteiger partial charge in [-0.05, 0) is 12.1 Å². The Bertz CT molecular complexity index is 820. The van der Waals surface area contributed by atoms with Gasteiger partial charge in [0.05, 0.1) is 5.69 Å². The van der Waals surface area contributed by atoms with E-state index in [2.05, 4.69) is 4.98 Å². The number of hydrogen-bond donors (Lipinski definition) is 0. The number of halogens is 1. The van der Waals surface area contributed by atoms with Gasteiger partial charge in [0.25, 0.3) is 0 Å². The first-order valence-electron chi connectivity index (χ1n) is 7.25. The van der Waals surface area contributed by atoms with Crippen LogP contribution in [0.25, 0.3) is 10.6 Å². The van der Waals surface area contributed by atoms with Gasteiger partial charge in [0.2, 0.25) is 0 Å². The zero-order valence-corrected chi connectivity index (χ0v) is 13.5. The Kier molecular flexibility index (Phi) is 5.18. The molecule has 0 aliphatic heterocycles. The first kappa shape index (κ1) is 16.1. The van der Waals surface area contributed by atoms with E-state index in [1.807, 2.05) is 35.7 Å². The molecular weight excluding hydrogens is 329 g/mol. The Morgan fingerprint density at radius 2 is 1.83 bits per heavy atom. The minimum Gasteiger partial charge on any atom is -0.479 e. The van der Waals surface area contributed by atoms with Gasteiger partial charge < -0.3 is 9.47 Å². The first-order valence-corrected chi connectivity index (χ1v) is 8.13. The molecule has 0 atom stereocenters. The number of thiazole rings is 1. The predicted molar refractivity (Wildman–Crippen MR) is 89.2 cm³/mol. The van der Waals surface area contributed by atoms with E-state index in [4.69, 9.17) is 9.47 Å². The molecule has 24 heavy (non-hydrogen) atoms. The topological polar surface area (TPSA) is 48.4 Å². The average Bonchev–Trinajstić information content (AvgIpc) is 3.09. The number of hydrogen-bond acceptors (Lipinski definition) is 5. The molecule has 0 saturated carbocycles. The summed E-state index contributed by atoms with van der Waals surface area (Å²) in [6.07, 6.45) is 0. The minimum atomic E-state index is -0.576. The summed E-state index contributed by atoms with van der Waals surface area (Å²) < 4.78 is 23.6. The lowest BCUT2D eigenvalue weighted by Gasteiger charge is -2.06. The summed E-state index contributed by atoms with van der Waals surface area (Å²) in [6.45, 7) is -0.292. The summed E-state index contributed by atoms with van der Waals surface area (Å²) in [5, 5.41) is 2.71. The van der Waals surface area contributed by atoms with Crippen molar-refractivity contribution in [1.82, 2.24) is 4.98 Å². The van der Waals surface area contributed by atoms with Gasteiger partial charge in [-0.15, -0.1) is 11.3 Å². The van der Waals surface area contributed by atoms with Crippen molar-refractivity contribution in [3.8, 4) is 16.3 Å². The lowest BCUT2D eigenvalue weighted by molar-refractivity contribution is -0.147. The third kappa shape index (κ3) is 4.17. The molecule has 0 aliphatic rings. The quantitative estimate of drug-likeness (QED) is 0.633. The number of nitrogens with zero attached hydrogens (tertiary/aromatic N) is 1. The molecule has 0 fully saturated rings. The van der Waals surface area contributed by atoms with Crippen LogP contribution in [0.15, 0.2) is 60.0 Å². The zero-order valence-electron chi connectivity index (χ0n) is 12.6. The molecular formula is C18H14FNO3S. The summed E-state index contributed by atoms with van der Waals surface area (Å²) in [5.74, 6) is -1.07. The minimum absolute atomic E-state index is 0.0227. The monoisotopic (exact) mass is 343 g/mol. The van der Waals surface area contributed by atoms with Crippen molar-refractivity contribution in [2.45, 2.75) is 6.61 Å². The van der Waals surface area contributed by atoms with Crippen LogP contribution in [0.3, 0.4) is 0 Å². The maximum atomic E-state index is 13.4. The molecule has 0 bridgehead atoms. The smallest absolute Gasteiger partial charge is 0.344 e. The molecule has 0 spiro atoms. The summed E-state index contributed by atoms with van der Waals surface area (Å²) in [4.78, 5) is 16.1. The van der Waals surface area contributed by atoms with E-state index in [-0.39, 0.29) is 19.0 Å². The molecule has 122 valence electrons. The second kappa shape index (κ2) is 7.70. The van der Waals surface area contributed by atoms with Crippen LogP contribution >= 0.6 is 11.3 Å². The Balaban J connectivity index is 1.50. The molecule has 2 aromatic carbocycles. The molecule has 0 saturated heterocycles. The zero-order chi connectivity index (χ0) is 16.8. The number of esters is 1. The molecule has 3 aromatic rings. The summed E-state index contributed by atoms with van der Waals surface area (Å²) in [5.41, 5.74) is 1.68. The largest absolute Gasteiger partial charge is 0.479 e. The van der Waals surface area contributed by atoms with Crippen LogP contribution in [0.1, 0.15) is 5.69 Å². The molecule has 0 amide bonds. The van der Waals surface area contributed by atoms with E-state index in [0.29, 0.717) is 5.69 Å². The number of ether oxygens (including phenoxy) is 2. The average molecular weight is 343 g/mol. The van der Waals surface area contributed by atoms with Crippen molar-refractivity contribution >= 4 is 17.3 Å². The molecule has 4 nitrogen and oxygen atoms in total. The maximum Gasteiger partial charge on any atom is 0.344 e. The van der Waals surface area contributed by atoms with E-state index in [1.54, 1.807) is 12.1 Å². The fourth-order valence-corrected chi connectivity index (χ4v) is 2.79. The van der Waals surface area contributed by atoms with Gasteiger partial charge in [-0.2, -0.15) is 0 Å². The van der Waals surface area contributed by atoms with Gasteiger partial charge in [-0.1, -0.05) is 42.5 Å². The first-order chi connectivity index (χ1) is 11.7. The second-order valence-electron chi connectivity index (χ2n) is 4.89. The van der Waals surface area contributed by atoms with Crippen LogP contribution in [0.4, 0.5) is 4.39 Å². The Hall–Kier alpha value is -2.73. The molecule has 3 rings (SSSR count). The Morgan fingerprint density at radius 1 is 1.08 bits per heavy atom. The number of para-hydroxylation sites is 1. The number of rotatable bonds is 6. The van der Waals surface area contributed by atoms with Gasteiger partial charge in [-0.3, -0.25) is 0 Å². The van der Waals surface area contributed by atoms with Crippen molar-refractivity contribution in [3.05, 3.63) is 71.5 Å². The number of benzene rings is 2. The third-order valence-electron chi connectivity index (χ3n) is 3.14. The normalized spacial score (nSPS) is 10.4. The SMILES string of the molecule is O=C(COc1ccccc1F)OCc1csc(-c2ccccc2)n1. The highest BCUT2D eigenvalue weighted by atomic mass is 32.1. The standard InChI is InChI=1S/C18H14FNO3S/c19-15-8-4-5-9-16(15)22-11-17(21)23-10-14-12-24-18(20-14)13-6-2-1-3-7-13/h1-9,12H,10-11H2. The fourth-order valence-electron chi connectivity index (χ4n) is 1.98. The number of carbonyl (C=O) groups is 1. The van der Waals surface area contributed by atoms with Gasteiger partial charge >= 0.3 is 5.97 Å². The highest BCUT2D eigenvalue weighted by Gasteiger charge is 2.10. The van der Waals surface area contributed by atoms with Crippen molar-refractivity contribution in [2.75, 3.05) is 6.61 Å². The van der Waals surface area contributed by atoms with Gasteiger partial charge in [0, 0.05) is 10.9 Å². The van der Waals surface area contributed by atoms with Crippen LogP contribution < -0.4 is 4.74 Å².